The van der Waals surface area contributed by atoms with E-state index in [0.29, 0.717) is 23.9 Å². The zero-order valence-corrected chi connectivity index (χ0v) is 12.3. The molecule has 1 aliphatic heterocycles. The highest BCUT2D eigenvalue weighted by atomic mass is 35.5. The van der Waals surface area contributed by atoms with Gasteiger partial charge in [-0.1, -0.05) is 11.6 Å². The summed E-state index contributed by atoms with van der Waals surface area (Å²) in [5.41, 5.74) is 0.717. The summed E-state index contributed by atoms with van der Waals surface area (Å²) in [5.74, 6) is 0.150. The summed E-state index contributed by atoms with van der Waals surface area (Å²) in [6.45, 7) is 1.45. The van der Waals surface area contributed by atoms with Crippen molar-refractivity contribution in [3.05, 3.63) is 28.5 Å². The van der Waals surface area contributed by atoms with E-state index in [1.54, 1.807) is 11.0 Å². The van der Waals surface area contributed by atoms with Crippen molar-refractivity contribution in [2.24, 2.45) is 5.92 Å². The Morgan fingerprint density at radius 1 is 1.65 bits per heavy atom. The number of aromatic nitrogens is 2. The van der Waals surface area contributed by atoms with Gasteiger partial charge in [0.25, 0.3) is 0 Å². The van der Waals surface area contributed by atoms with Crippen LogP contribution >= 0.6 is 22.9 Å². The number of likely N-dealkylation sites (tertiary alicyclic amines) is 1. The summed E-state index contributed by atoms with van der Waals surface area (Å²) in [5, 5.41) is 11.4. The number of nitrogens with zero attached hydrogens (tertiary/aromatic N) is 3. The molecule has 1 atom stereocenters. The largest absolute Gasteiger partial charge is 0.396 e. The molecule has 1 amide bonds. The first-order valence-electron chi connectivity index (χ1n) is 6.38. The standard InChI is InChI=1S/C13H14ClN3O2S/c14-12-10(17-5-6-20-13(17)15-12)1-2-11(19)16-4-3-9(7-16)8-18/h1-2,5-6,9,18H,3-4,7-8H2/b2-1+. The van der Waals surface area contributed by atoms with Crippen LogP contribution in [-0.4, -0.2) is 45.0 Å². The number of hydrogen-bond donors (Lipinski definition) is 1. The third kappa shape index (κ3) is 2.46. The zero-order chi connectivity index (χ0) is 14.1. The summed E-state index contributed by atoms with van der Waals surface area (Å²) in [6.07, 6.45) is 5.95. The first kappa shape index (κ1) is 13.6. The van der Waals surface area contributed by atoms with Gasteiger partial charge in [-0.25, -0.2) is 4.98 Å². The average Bonchev–Trinajstić information content (AvgIpc) is 3.11. The number of halogens is 1. The molecule has 0 aliphatic carbocycles. The molecule has 2 aromatic rings. The summed E-state index contributed by atoms with van der Waals surface area (Å²) in [6, 6.07) is 0. The van der Waals surface area contributed by atoms with Crippen LogP contribution in [0.15, 0.2) is 17.7 Å². The summed E-state index contributed by atoms with van der Waals surface area (Å²) in [4.78, 5) is 18.8. The number of thiazole rings is 1. The van der Waals surface area contributed by atoms with E-state index in [-0.39, 0.29) is 18.4 Å². The molecule has 0 spiro atoms. The molecule has 2 aromatic heterocycles. The monoisotopic (exact) mass is 311 g/mol. The smallest absolute Gasteiger partial charge is 0.246 e. The Balaban J connectivity index is 1.75. The van der Waals surface area contributed by atoms with Crippen LogP contribution in [0, 0.1) is 5.92 Å². The second-order valence-corrected chi connectivity index (χ2v) is 6.03. The van der Waals surface area contributed by atoms with E-state index < -0.39 is 0 Å². The molecule has 1 fully saturated rings. The van der Waals surface area contributed by atoms with Gasteiger partial charge >= 0.3 is 0 Å². The molecule has 5 nitrogen and oxygen atoms in total. The molecular weight excluding hydrogens is 298 g/mol. The molecule has 7 heteroatoms. The van der Waals surface area contributed by atoms with Crippen LogP contribution in [0.1, 0.15) is 12.1 Å². The van der Waals surface area contributed by atoms with Crippen molar-refractivity contribution >= 4 is 39.9 Å². The third-order valence-corrected chi connectivity index (χ3v) is 4.53. The minimum Gasteiger partial charge on any atom is -0.396 e. The maximum Gasteiger partial charge on any atom is 0.246 e. The number of hydrogen-bond acceptors (Lipinski definition) is 4. The van der Waals surface area contributed by atoms with Crippen molar-refractivity contribution < 1.29 is 9.90 Å². The lowest BCUT2D eigenvalue weighted by molar-refractivity contribution is -0.125. The maximum absolute atomic E-state index is 12.1. The first-order valence-corrected chi connectivity index (χ1v) is 7.63. The Kier molecular flexibility index (Phi) is 3.78. The minimum atomic E-state index is -0.0535. The van der Waals surface area contributed by atoms with E-state index in [1.807, 2.05) is 16.0 Å². The number of amides is 1. The summed E-state index contributed by atoms with van der Waals surface area (Å²) >= 11 is 7.56. The number of aliphatic hydroxyl groups is 1. The normalized spacial score (nSPS) is 19.5. The molecule has 3 heterocycles. The lowest BCUT2D eigenvalue weighted by Gasteiger charge is -2.13. The van der Waals surface area contributed by atoms with Gasteiger partial charge in [-0.15, -0.1) is 11.3 Å². The molecule has 0 saturated carbocycles. The van der Waals surface area contributed by atoms with E-state index in [2.05, 4.69) is 4.98 Å². The van der Waals surface area contributed by atoms with Gasteiger partial charge in [-0.3, -0.25) is 9.20 Å². The second kappa shape index (κ2) is 5.55. The van der Waals surface area contributed by atoms with Gasteiger partial charge < -0.3 is 10.0 Å². The number of carbonyl (C=O) groups excluding carboxylic acids is 1. The van der Waals surface area contributed by atoms with Crippen molar-refractivity contribution in [1.82, 2.24) is 14.3 Å². The van der Waals surface area contributed by atoms with Crippen LogP contribution in [0.5, 0.6) is 0 Å². The van der Waals surface area contributed by atoms with Crippen LogP contribution in [0.25, 0.3) is 11.0 Å². The van der Waals surface area contributed by atoms with E-state index in [4.69, 9.17) is 16.7 Å². The van der Waals surface area contributed by atoms with Gasteiger partial charge in [-0.05, 0) is 12.5 Å². The molecule has 1 unspecified atom stereocenters. The fourth-order valence-electron chi connectivity index (χ4n) is 2.36. The maximum atomic E-state index is 12.1. The van der Waals surface area contributed by atoms with Crippen molar-refractivity contribution in [2.75, 3.05) is 19.7 Å². The van der Waals surface area contributed by atoms with Crippen molar-refractivity contribution in [3.63, 3.8) is 0 Å². The SMILES string of the molecule is O=C(/C=C/c1c(Cl)nc2sccn12)N1CCC(CO)C1. The fraction of sp³-hybridized carbons (Fsp3) is 0.385. The number of rotatable bonds is 3. The highest BCUT2D eigenvalue weighted by Gasteiger charge is 2.24. The van der Waals surface area contributed by atoms with Crippen molar-refractivity contribution in [2.45, 2.75) is 6.42 Å². The molecule has 106 valence electrons. The van der Waals surface area contributed by atoms with Crippen LogP contribution in [-0.2, 0) is 4.79 Å². The predicted molar refractivity (Wildman–Crippen MR) is 78.9 cm³/mol. The fourth-order valence-corrected chi connectivity index (χ4v) is 3.37. The van der Waals surface area contributed by atoms with Crippen LogP contribution in [0.4, 0.5) is 0 Å². The van der Waals surface area contributed by atoms with Crippen LogP contribution in [0.2, 0.25) is 5.15 Å². The third-order valence-electron chi connectivity index (χ3n) is 3.49. The van der Waals surface area contributed by atoms with Crippen LogP contribution < -0.4 is 0 Å². The Morgan fingerprint density at radius 3 is 3.25 bits per heavy atom. The highest BCUT2D eigenvalue weighted by molar-refractivity contribution is 7.15. The number of carbonyl (C=O) groups is 1. The van der Waals surface area contributed by atoms with E-state index in [9.17, 15) is 4.79 Å². The van der Waals surface area contributed by atoms with E-state index in [0.717, 1.165) is 11.4 Å². The molecule has 20 heavy (non-hydrogen) atoms. The summed E-state index contributed by atoms with van der Waals surface area (Å²) < 4.78 is 1.86. The predicted octanol–water partition coefficient (Wildman–Crippen LogP) is 1.90. The molecule has 0 aromatic carbocycles. The zero-order valence-electron chi connectivity index (χ0n) is 10.7. The Bertz CT molecular complexity index is 664. The summed E-state index contributed by atoms with van der Waals surface area (Å²) in [7, 11) is 0. The Labute approximate surface area is 125 Å². The lowest BCUT2D eigenvalue weighted by Crippen LogP contribution is -2.27. The number of aliphatic hydroxyl groups excluding tert-OH is 1. The molecule has 0 bridgehead atoms. The van der Waals surface area contributed by atoms with Gasteiger partial charge in [0, 0.05) is 43.3 Å². The first-order chi connectivity index (χ1) is 9.69. The number of fused-ring (bicyclic) bond motifs is 1. The van der Waals surface area contributed by atoms with Crippen LogP contribution in [0.3, 0.4) is 0 Å². The lowest BCUT2D eigenvalue weighted by atomic mass is 10.1. The molecule has 1 saturated heterocycles. The van der Waals surface area contributed by atoms with Crippen molar-refractivity contribution in [3.8, 4) is 0 Å². The Morgan fingerprint density at radius 2 is 2.50 bits per heavy atom. The van der Waals surface area contributed by atoms with E-state index in [1.165, 1.54) is 17.4 Å². The average molecular weight is 312 g/mol. The second-order valence-electron chi connectivity index (χ2n) is 4.80. The topological polar surface area (TPSA) is 57.8 Å². The molecular formula is C13H14ClN3O2S. The molecule has 0 radical (unpaired) electrons. The van der Waals surface area contributed by atoms with Gasteiger partial charge in [-0.2, -0.15) is 0 Å². The van der Waals surface area contributed by atoms with Gasteiger partial charge in [0.15, 0.2) is 10.1 Å². The highest BCUT2D eigenvalue weighted by Crippen LogP contribution is 2.23. The van der Waals surface area contributed by atoms with Crippen molar-refractivity contribution in [1.29, 1.82) is 0 Å². The molecule has 1 N–H and O–H groups in total. The minimum absolute atomic E-state index is 0.0535. The van der Waals surface area contributed by atoms with E-state index >= 15 is 0 Å². The molecule has 3 rings (SSSR count). The van der Waals surface area contributed by atoms with Gasteiger partial charge in [0.05, 0.1) is 5.69 Å². The van der Waals surface area contributed by atoms with Gasteiger partial charge in [0.2, 0.25) is 5.91 Å². The quantitative estimate of drug-likeness (QED) is 0.881. The Hall–Kier alpha value is -1.37. The van der Waals surface area contributed by atoms with Gasteiger partial charge in [0.1, 0.15) is 0 Å². The number of imidazole rings is 1. The molecule has 1 aliphatic rings.